The summed E-state index contributed by atoms with van der Waals surface area (Å²) in [6.45, 7) is 0. The Labute approximate surface area is 214 Å². The lowest BCUT2D eigenvalue weighted by molar-refractivity contribution is 1.27. The topological polar surface area (TPSA) is 46.5 Å². The highest BCUT2D eigenvalue weighted by Gasteiger charge is 2.20. The molecule has 166 valence electrons. The van der Waals surface area contributed by atoms with Gasteiger partial charge in [-0.2, -0.15) is 0 Å². The fourth-order valence-corrected chi connectivity index (χ4v) is 5.55. The Hall–Kier alpha value is -3.02. The van der Waals surface area contributed by atoms with Crippen molar-refractivity contribution < 1.29 is 0 Å². The third-order valence-electron chi connectivity index (χ3n) is 5.62. The molecule has 0 saturated carbocycles. The van der Waals surface area contributed by atoms with E-state index in [2.05, 4.69) is 9.97 Å². The fraction of sp³-hybridized carbons (Fsp3) is 0. The molecule has 0 saturated heterocycles. The lowest BCUT2D eigenvalue weighted by atomic mass is 10.1. The molecule has 0 unspecified atom stereocenters. The van der Waals surface area contributed by atoms with Crippen LogP contribution in [-0.2, 0) is 0 Å². The number of aromatic amines is 1. The van der Waals surface area contributed by atoms with E-state index in [0.717, 1.165) is 39.4 Å². The second-order valence-electron chi connectivity index (χ2n) is 7.85. The molecule has 8 bridgehead atoms. The van der Waals surface area contributed by atoms with Crippen LogP contribution >= 0.6 is 46.6 Å². The van der Waals surface area contributed by atoms with Crippen molar-refractivity contribution in [3.8, 4) is 11.1 Å². The minimum atomic E-state index is 0.300. The number of rotatable bonds is 1. The largest absolute Gasteiger partial charge is 0.353 e. The molecule has 0 amide bonds. The monoisotopic (exact) mass is 522 g/mol. The van der Waals surface area contributed by atoms with Gasteiger partial charge in [0, 0.05) is 22.9 Å². The Bertz CT molecular complexity index is 1700. The molecule has 3 aromatic heterocycles. The Balaban J connectivity index is 1.82. The van der Waals surface area contributed by atoms with Gasteiger partial charge >= 0.3 is 0 Å². The van der Waals surface area contributed by atoms with Crippen LogP contribution in [0.4, 0.5) is 0 Å². The molecule has 1 N–H and O–H groups in total. The van der Waals surface area contributed by atoms with Crippen molar-refractivity contribution in [3.63, 3.8) is 0 Å². The SMILES string of the molecule is Clc1cc2cc3nc(cc4nc(cc5c(-c6ccccc6)c(Cl)c(c(Cl)c1[nH]2)n5Cl)C=C4)C=C3. The average Bonchev–Trinajstić information content (AvgIpc) is 3.58. The van der Waals surface area contributed by atoms with Gasteiger partial charge in [0.15, 0.2) is 0 Å². The lowest BCUT2D eigenvalue weighted by Gasteiger charge is -2.00. The summed E-state index contributed by atoms with van der Waals surface area (Å²) in [5, 5.41) is 1.16. The van der Waals surface area contributed by atoms with Crippen molar-refractivity contribution in [3.05, 3.63) is 92.4 Å². The minimum Gasteiger partial charge on any atom is -0.353 e. The summed E-state index contributed by atoms with van der Waals surface area (Å²) in [5.41, 5.74) is 7.12. The summed E-state index contributed by atoms with van der Waals surface area (Å²) in [7, 11) is 0. The van der Waals surface area contributed by atoms with Crippen molar-refractivity contribution in [1.29, 1.82) is 0 Å². The zero-order valence-electron chi connectivity index (χ0n) is 17.4. The first-order valence-electron chi connectivity index (χ1n) is 10.4. The summed E-state index contributed by atoms with van der Waals surface area (Å²) in [5.74, 6) is 0. The van der Waals surface area contributed by atoms with Crippen LogP contribution in [0.2, 0.25) is 15.1 Å². The van der Waals surface area contributed by atoms with Gasteiger partial charge in [0.05, 0.1) is 54.4 Å². The quantitative estimate of drug-likeness (QED) is 0.234. The van der Waals surface area contributed by atoms with Crippen LogP contribution in [0.1, 0.15) is 22.8 Å². The first kappa shape index (κ1) is 21.5. The summed E-state index contributed by atoms with van der Waals surface area (Å²) in [6.07, 6.45) is 7.73. The molecule has 2 aliphatic heterocycles. The average molecular weight is 524 g/mol. The van der Waals surface area contributed by atoms with E-state index in [4.69, 9.17) is 51.6 Å². The second kappa shape index (κ2) is 8.33. The molecule has 0 fully saturated rings. The number of hydrogen-bond acceptors (Lipinski definition) is 2. The zero-order valence-corrected chi connectivity index (χ0v) is 20.4. The van der Waals surface area contributed by atoms with Crippen molar-refractivity contribution in [2.75, 3.05) is 0 Å². The molecule has 0 atom stereocenters. The number of hydrogen-bond donors (Lipinski definition) is 1. The molecular formula is C26H14Cl4N4. The van der Waals surface area contributed by atoms with Crippen molar-refractivity contribution in [2.24, 2.45) is 0 Å². The number of nitrogens with one attached hydrogen (secondary N) is 1. The molecule has 2 aliphatic rings. The third kappa shape index (κ3) is 3.64. The van der Waals surface area contributed by atoms with Crippen LogP contribution in [0.15, 0.2) is 54.6 Å². The summed E-state index contributed by atoms with van der Waals surface area (Å²) >= 11 is 27.3. The predicted molar refractivity (Wildman–Crippen MR) is 144 cm³/mol. The van der Waals surface area contributed by atoms with Gasteiger partial charge in [-0.1, -0.05) is 65.1 Å². The second-order valence-corrected chi connectivity index (χ2v) is 9.36. The molecule has 1 aromatic carbocycles. The summed E-state index contributed by atoms with van der Waals surface area (Å²) < 4.78 is 1.46. The zero-order chi connectivity index (χ0) is 23.4. The highest BCUT2D eigenvalue weighted by Crippen LogP contribution is 2.43. The van der Waals surface area contributed by atoms with Gasteiger partial charge < -0.3 is 4.98 Å². The molecule has 4 nitrogen and oxygen atoms in total. The van der Waals surface area contributed by atoms with Gasteiger partial charge in [0.2, 0.25) is 0 Å². The van der Waals surface area contributed by atoms with Crippen LogP contribution < -0.4 is 0 Å². The van der Waals surface area contributed by atoms with Gasteiger partial charge in [-0.15, -0.1) is 0 Å². The van der Waals surface area contributed by atoms with E-state index in [9.17, 15) is 0 Å². The lowest BCUT2D eigenvalue weighted by Crippen LogP contribution is -1.83. The number of fused-ring (bicyclic) bond motifs is 8. The van der Waals surface area contributed by atoms with E-state index in [1.54, 1.807) is 6.07 Å². The summed E-state index contributed by atoms with van der Waals surface area (Å²) in [4.78, 5) is 12.6. The third-order valence-corrected chi connectivity index (χ3v) is 7.01. The Morgan fingerprint density at radius 3 is 2.00 bits per heavy atom. The van der Waals surface area contributed by atoms with Crippen molar-refractivity contribution >= 4 is 93.0 Å². The number of H-pyrrole nitrogens is 1. The standard InChI is InChI=1S/C26H14Cl4N4/c27-20-12-19-11-17-7-6-15(31-17)10-16-8-9-18(32-16)13-21-22(14-4-2-1-3-5-14)23(28)26(34(21)30)24(29)25(20)33-19/h1-13,33H. The van der Waals surface area contributed by atoms with Gasteiger partial charge in [-0.3, -0.25) is 0 Å². The van der Waals surface area contributed by atoms with E-state index in [-0.39, 0.29) is 0 Å². The van der Waals surface area contributed by atoms with E-state index < -0.39 is 0 Å². The highest BCUT2D eigenvalue weighted by molar-refractivity contribution is 6.47. The van der Waals surface area contributed by atoms with Gasteiger partial charge in [-0.05, 0) is 54.1 Å². The molecule has 8 heteroatoms. The summed E-state index contributed by atoms with van der Waals surface area (Å²) in [6, 6.07) is 17.3. The van der Waals surface area contributed by atoms with Crippen LogP contribution in [0.25, 0.3) is 57.5 Å². The number of nitrogens with zero attached hydrogens (tertiary/aromatic N) is 3. The van der Waals surface area contributed by atoms with Crippen LogP contribution in [0.5, 0.6) is 0 Å². The fourth-order valence-electron chi connectivity index (χ4n) is 4.09. The number of benzene rings is 1. The van der Waals surface area contributed by atoms with Crippen molar-refractivity contribution in [1.82, 2.24) is 19.0 Å². The molecule has 0 radical (unpaired) electrons. The first-order valence-corrected chi connectivity index (χ1v) is 11.8. The maximum absolute atomic E-state index is 6.94. The minimum absolute atomic E-state index is 0.300. The molecule has 0 spiro atoms. The van der Waals surface area contributed by atoms with Crippen molar-refractivity contribution in [2.45, 2.75) is 0 Å². The molecule has 6 rings (SSSR count). The Kier molecular flexibility index (Phi) is 5.27. The first-order chi connectivity index (χ1) is 16.5. The van der Waals surface area contributed by atoms with Crippen LogP contribution in [-0.4, -0.2) is 19.0 Å². The van der Waals surface area contributed by atoms with Crippen LogP contribution in [0, 0.1) is 0 Å². The number of halogens is 4. The normalized spacial score (nSPS) is 12.5. The molecule has 4 aromatic rings. The maximum Gasteiger partial charge on any atom is 0.0983 e. The van der Waals surface area contributed by atoms with Gasteiger partial charge in [0.25, 0.3) is 0 Å². The maximum atomic E-state index is 6.94. The van der Waals surface area contributed by atoms with Gasteiger partial charge in [0.1, 0.15) is 0 Å². The molecule has 0 aliphatic carbocycles. The van der Waals surface area contributed by atoms with Crippen LogP contribution in [0.3, 0.4) is 0 Å². The van der Waals surface area contributed by atoms with E-state index in [1.165, 1.54) is 4.09 Å². The van der Waals surface area contributed by atoms with E-state index in [0.29, 0.717) is 31.6 Å². The molecule has 34 heavy (non-hydrogen) atoms. The highest BCUT2D eigenvalue weighted by atomic mass is 35.5. The van der Waals surface area contributed by atoms with E-state index >= 15 is 0 Å². The molecule has 5 heterocycles. The Morgan fingerprint density at radius 2 is 1.32 bits per heavy atom. The number of aromatic nitrogens is 4. The van der Waals surface area contributed by atoms with E-state index in [1.807, 2.05) is 72.8 Å². The predicted octanol–water partition coefficient (Wildman–Crippen LogP) is 8.76. The van der Waals surface area contributed by atoms with Gasteiger partial charge in [-0.25, -0.2) is 14.1 Å². The Morgan fingerprint density at radius 1 is 0.706 bits per heavy atom. The smallest absolute Gasteiger partial charge is 0.0983 e. The molecular weight excluding hydrogens is 510 g/mol.